The Hall–Kier alpha value is -1.84. The molecule has 1 unspecified atom stereocenters. The third-order valence-electron chi connectivity index (χ3n) is 2.45. The number of carbonyl (C=O) groups is 2. The molecule has 0 aliphatic heterocycles. The molecule has 0 spiro atoms. The number of rotatable bonds is 5. The van der Waals surface area contributed by atoms with Crippen molar-refractivity contribution in [3.05, 3.63) is 35.4 Å². The van der Waals surface area contributed by atoms with Crippen molar-refractivity contribution in [3.63, 3.8) is 0 Å². The third-order valence-corrected chi connectivity index (χ3v) is 2.45. The first kappa shape index (κ1) is 13.2. The van der Waals surface area contributed by atoms with Crippen LogP contribution in [-0.4, -0.2) is 23.7 Å². The van der Waals surface area contributed by atoms with E-state index in [1.165, 1.54) is 0 Å². The van der Waals surface area contributed by atoms with Crippen molar-refractivity contribution in [2.24, 2.45) is 0 Å². The van der Waals surface area contributed by atoms with Crippen molar-refractivity contribution in [1.29, 1.82) is 0 Å². The molecule has 1 atom stereocenters. The van der Waals surface area contributed by atoms with E-state index in [0.29, 0.717) is 17.7 Å². The number of hydrogen-bond donors (Lipinski definition) is 1. The Kier molecular flexibility index (Phi) is 4.69. The van der Waals surface area contributed by atoms with Crippen molar-refractivity contribution in [1.82, 2.24) is 0 Å². The molecule has 0 radical (unpaired) electrons. The first-order chi connectivity index (χ1) is 8.07. The van der Waals surface area contributed by atoms with Gasteiger partial charge in [0.2, 0.25) is 0 Å². The van der Waals surface area contributed by atoms with Crippen LogP contribution in [0.15, 0.2) is 24.3 Å². The van der Waals surface area contributed by atoms with E-state index in [1.54, 1.807) is 31.2 Å². The van der Waals surface area contributed by atoms with E-state index in [2.05, 4.69) is 0 Å². The molecule has 0 amide bonds. The molecule has 0 fully saturated rings. The van der Waals surface area contributed by atoms with Crippen LogP contribution in [0.2, 0.25) is 0 Å². The average molecular weight is 236 g/mol. The second-order valence-electron chi connectivity index (χ2n) is 3.78. The van der Waals surface area contributed by atoms with E-state index in [9.17, 15) is 9.59 Å². The molecule has 0 aliphatic rings. The SMILES string of the molecule is CCCOC(=O)c1ccccc1C(C)C(=O)O. The van der Waals surface area contributed by atoms with Crippen molar-refractivity contribution >= 4 is 11.9 Å². The molecule has 0 bridgehead atoms. The highest BCUT2D eigenvalue weighted by atomic mass is 16.5. The standard InChI is InChI=1S/C13H16O4/c1-3-8-17-13(16)11-7-5-4-6-10(11)9(2)12(14)15/h4-7,9H,3,8H2,1-2H3,(H,14,15). The molecule has 17 heavy (non-hydrogen) atoms. The van der Waals surface area contributed by atoms with E-state index in [1.807, 2.05) is 6.92 Å². The Labute approximate surface area is 100 Å². The molecule has 0 aromatic heterocycles. The smallest absolute Gasteiger partial charge is 0.338 e. The van der Waals surface area contributed by atoms with Crippen LogP contribution in [0.25, 0.3) is 0 Å². The molecule has 1 N–H and O–H groups in total. The van der Waals surface area contributed by atoms with Gasteiger partial charge in [-0.15, -0.1) is 0 Å². The van der Waals surface area contributed by atoms with E-state index >= 15 is 0 Å². The number of hydrogen-bond acceptors (Lipinski definition) is 3. The minimum Gasteiger partial charge on any atom is -0.481 e. The molecule has 1 aromatic carbocycles. The molecule has 4 nitrogen and oxygen atoms in total. The second kappa shape index (κ2) is 6.03. The van der Waals surface area contributed by atoms with Gasteiger partial charge in [-0.25, -0.2) is 4.79 Å². The predicted octanol–water partition coefficient (Wildman–Crippen LogP) is 2.44. The van der Waals surface area contributed by atoms with Gasteiger partial charge in [0.1, 0.15) is 0 Å². The van der Waals surface area contributed by atoms with E-state index in [-0.39, 0.29) is 0 Å². The van der Waals surface area contributed by atoms with E-state index in [4.69, 9.17) is 9.84 Å². The summed E-state index contributed by atoms with van der Waals surface area (Å²) in [6.45, 7) is 3.79. The van der Waals surface area contributed by atoms with Crippen LogP contribution < -0.4 is 0 Å². The maximum Gasteiger partial charge on any atom is 0.338 e. The minimum atomic E-state index is -0.958. The summed E-state index contributed by atoms with van der Waals surface area (Å²) in [6.07, 6.45) is 0.738. The zero-order chi connectivity index (χ0) is 12.8. The lowest BCUT2D eigenvalue weighted by atomic mass is 9.96. The Morgan fingerprint density at radius 1 is 1.35 bits per heavy atom. The predicted molar refractivity (Wildman–Crippen MR) is 63.1 cm³/mol. The Morgan fingerprint density at radius 2 is 2.00 bits per heavy atom. The first-order valence-corrected chi connectivity index (χ1v) is 5.56. The lowest BCUT2D eigenvalue weighted by Crippen LogP contribution is -2.14. The summed E-state index contributed by atoms with van der Waals surface area (Å²) in [4.78, 5) is 22.7. The van der Waals surface area contributed by atoms with Crippen molar-refractivity contribution in [2.75, 3.05) is 6.61 Å². The molecular formula is C13H16O4. The van der Waals surface area contributed by atoms with Crippen LogP contribution in [0.1, 0.15) is 42.1 Å². The van der Waals surface area contributed by atoms with Crippen molar-refractivity contribution in [2.45, 2.75) is 26.2 Å². The van der Waals surface area contributed by atoms with Gasteiger partial charge in [0.25, 0.3) is 0 Å². The summed E-state index contributed by atoms with van der Waals surface area (Å²) in [5, 5.41) is 8.97. The molecule has 0 heterocycles. The van der Waals surface area contributed by atoms with Gasteiger partial charge < -0.3 is 9.84 Å². The van der Waals surface area contributed by atoms with Crippen molar-refractivity contribution in [3.8, 4) is 0 Å². The fraction of sp³-hybridized carbons (Fsp3) is 0.385. The maximum absolute atomic E-state index is 11.7. The highest BCUT2D eigenvalue weighted by Gasteiger charge is 2.21. The summed E-state index contributed by atoms with van der Waals surface area (Å²) < 4.78 is 5.02. The number of carboxylic acid groups (broad SMARTS) is 1. The molecule has 0 saturated carbocycles. The molecule has 0 saturated heterocycles. The molecule has 92 valence electrons. The van der Waals surface area contributed by atoms with Gasteiger partial charge in [-0.1, -0.05) is 25.1 Å². The molecule has 1 aromatic rings. The Balaban J connectivity index is 2.99. The fourth-order valence-electron chi connectivity index (χ4n) is 1.47. The van der Waals surface area contributed by atoms with Crippen molar-refractivity contribution < 1.29 is 19.4 Å². The lowest BCUT2D eigenvalue weighted by Gasteiger charge is -2.12. The second-order valence-corrected chi connectivity index (χ2v) is 3.78. The number of ether oxygens (including phenoxy) is 1. The summed E-state index contributed by atoms with van der Waals surface area (Å²) in [6, 6.07) is 6.64. The van der Waals surface area contributed by atoms with Crippen LogP contribution in [0.5, 0.6) is 0 Å². The van der Waals surface area contributed by atoms with Gasteiger partial charge in [-0.05, 0) is 25.0 Å². The van der Waals surface area contributed by atoms with Crippen LogP contribution >= 0.6 is 0 Å². The van der Waals surface area contributed by atoms with Crippen LogP contribution in [0.4, 0.5) is 0 Å². The largest absolute Gasteiger partial charge is 0.481 e. The summed E-state index contributed by atoms with van der Waals surface area (Å²) in [5.74, 6) is -2.14. The quantitative estimate of drug-likeness (QED) is 0.797. The first-order valence-electron chi connectivity index (χ1n) is 5.56. The van der Waals surface area contributed by atoms with Crippen LogP contribution in [0, 0.1) is 0 Å². The zero-order valence-electron chi connectivity index (χ0n) is 9.97. The highest BCUT2D eigenvalue weighted by molar-refractivity contribution is 5.93. The number of carboxylic acids is 1. The van der Waals surface area contributed by atoms with E-state index in [0.717, 1.165) is 6.42 Å². The maximum atomic E-state index is 11.7. The summed E-state index contributed by atoms with van der Waals surface area (Å²) in [7, 11) is 0. The normalized spacial score (nSPS) is 11.9. The Bertz CT molecular complexity index is 412. The number of benzene rings is 1. The minimum absolute atomic E-state index is 0.329. The van der Waals surface area contributed by atoms with Gasteiger partial charge in [0.05, 0.1) is 18.1 Å². The molecule has 1 rings (SSSR count). The number of aliphatic carboxylic acids is 1. The summed E-state index contributed by atoms with van der Waals surface area (Å²) in [5.41, 5.74) is 0.817. The highest BCUT2D eigenvalue weighted by Crippen LogP contribution is 2.20. The monoisotopic (exact) mass is 236 g/mol. The van der Waals surface area contributed by atoms with Gasteiger partial charge >= 0.3 is 11.9 Å². The molecule has 0 aliphatic carbocycles. The third kappa shape index (κ3) is 3.31. The lowest BCUT2D eigenvalue weighted by molar-refractivity contribution is -0.138. The number of esters is 1. The van der Waals surface area contributed by atoms with Gasteiger partial charge in [0, 0.05) is 0 Å². The van der Waals surface area contributed by atoms with Gasteiger partial charge in [-0.2, -0.15) is 0 Å². The van der Waals surface area contributed by atoms with Gasteiger partial charge in [-0.3, -0.25) is 4.79 Å². The van der Waals surface area contributed by atoms with Gasteiger partial charge in [0.15, 0.2) is 0 Å². The fourth-order valence-corrected chi connectivity index (χ4v) is 1.47. The molecular weight excluding hydrogens is 220 g/mol. The van der Waals surface area contributed by atoms with E-state index < -0.39 is 17.9 Å². The zero-order valence-corrected chi connectivity index (χ0v) is 9.97. The van der Waals surface area contributed by atoms with Crippen LogP contribution in [-0.2, 0) is 9.53 Å². The van der Waals surface area contributed by atoms with Crippen LogP contribution in [0.3, 0.4) is 0 Å². The molecule has 4 heteroatoms. The average Bonchev–Trinajstić information content (AvgIpc) is 2.34. The topological polar surface area (TPSA) is 63.6 Å². The Morgan fingerprint density at radius 3 is 2.59 bits per heavy atom. The summed E-state index contributed by atoms with van der Waals surface area (Å²) >= 11 is 0. The number of carbonyl (C=O) groups excluding carboxylic acids is 1.